The molecule has 0 saturated carbocycles. The topological polar surface area (TPSA) is 63.3 Å². The summed E-state index contributed by atoms with van der Waals surface area (Å²) in [5, 5.41) is 8.42. The minimum Gasteiger partial charge on any atom is -0.476 e. The van der Waals surface area contributed by atoms with Gasteiger partial charge in [0.15, 0.2) is 11.6 Å². The van der Waals surface area contributed by atoms with Crippen LogP contribution in [-0.2, 0) is 12.6 Å². The quantitative estimate of drug-likeness (QED) is 0.808. The molecule has 14 heavy (non-hydrogen) atoms. The van der Waals surface area contributed by atoms with Gasteiger partial charge in [0.1, 0.15) is 0 Å². The lowest BCUT2D eigenvalue weighted by Gasteiger charge is -2.01. The van der Waals surface area contributed by atoms with E-state index < -0.39 is 23.6 Å². The van der Waals surface area contributed by atoms with Gasteiger partial charge in [0.2, 0.25) is 5.76 Å². The Hall–Kier alpha value is -1.53. The van der Waals surface area contributed by atoms with Crippen molar-refractivity contribution in [3.05, 3.63) is 17.3 Å². The van der Waals surface area contributed by atoms with Gasteiger partial charge >= 0.3 is 12.1 Å². The Kier molecular flexibility index (Phi) is 2.50. The molecule has 0 spiro atoms. The smallest absolute Gasteiger partial charge is 0.452 e. The van der Waals surface area contributed by atoms with E-state index in [0.29, 0.717) is 0 Å². The van der Waals surface area contributed by atoms with E-state index in [4.69, 9.17) is 5.11 Å². The first kappa shape index (κ1) is 10.6. The molecule has 1 aromatic heterocycles. The van der Waals surface area contributed by atoms with Gasteiger partial charge in [-0.25, -0.2) is 9.78 Å². The molecule has 7 heteroatoms. The Labute approximate surface area is 76.4 Å². The Balaban J connectivity index is 3.26. The molecule has 0 bridgehead atoms. The zero-order chi connectivity index (χ0) is 10.9. The van der Waals surface area contributed by atoms with Crippen LogP contribution in [0.3, 0.4) is 0 Å². The van der Waals surface area contributed by atoms with E-state index in [-0.39, 0.29) is 12.3 Å². The number of aryl methyl sites for hydroxylation is 1. The lowest BCUT2D eigenvalue weighted by Crippen LogP contribution is -2.10. The van der Waals surface area contributed by atoms with Gasteiger partial charge in [0.05, 0.1) is 0 Å². The van der Waals surface area contributed by atoms with Gasteiger partial charge in [0, 0.05) is 6.42 Å². The first-order chi connectivity index (χ1) is 6.36. The fourth-order valence-corrected chi connectivity index (χ4v) is 0.853. The molecule has 0 aliphatic carbocycles. The van der Waals surface area contributed by atoms with Crippen LogP contribution in [0.2, 0.25) is 0 Å². The molecule has 0 aliphatic heterocycles. The first-order valence-corrected chi connectivity index (χ1v) is 3.66. The van der Waals surface area contributed by atoms with Crippen molar-refractivity contribution in [3.63, 3.8) is 0 Å². The Morgan fingerprint density at radius 1 is 1.57 bits per heavy atom. The number of aromatic carboxylic acids is 1. The van der Waals surface area contributed by atoms with Gasteiger partial charge in [-0.15, -0.1) is 0 Å². The number of halogens is 3. The van der Waals surface area contributed by atoms with Crippen LogP contribution in [0.15, 0.2) is 4.42 Å². The molecule has 0 aromatic carbocycles. The van der Waals surface area contributed by atoms with Crippen LogP contribution in [-0.4, -0.2) is 16.1 Å². The third kappa shape index (κ3) is 1.86. The number of aromatic nitrogens is 1. The number of nitrogens with zero attached hydrogens (tertiary/aromatic N) is 1. The predicted octanol–water partition coefficient (Wildman–Crippen LogP) is 1.95. The SMILES string of the molecule is CCc1nc(C(=O)O)c(C(F)(F)F)o1. The minimum absolute atomic E-state index is 0.107. The van der Waals surface area contributed by atoms with Gasteiger partial charge in [-0.1, -0.05) is 6.92 Å². The summed E-state index contributed by atoms with van der Waals surface area (Å²) >= 11 is 0. The second-order valence-corrected chi connectivity index (χ2v) is 2.44. The predicted molar refractivity (Wildman–Crippen MR) is 37.8 cm³/mol. The summed E-state index contributed by atoms with van der Waals surface area (Å²) in [6, 6.07) is 0. The molecule has 0 saturated heterocycles. The molecular weight excluding hydrogens is 203 g/mol. The van der Waals surface area contributed by atoms with E-state index >= 15 is 0 Å². The zero-order valence-corrected chi connectivity index (χ0v) is 7.05. The Bertz CT molecular complexity index is 356. The maximum absolute atomic E-state index is 12.2. The van der Waals surface area contributed by atoms with Crippen molar-refractivity contribution in [1.82, 2.24) is 4.98 Å². The Morgan fingerprint density at radius 3 is 2.43 bits per heavy atom. The molecule has 1 heterocycles. The number of rotatable bonds is 2. The van der Waals surface area contributed by atoms with E-state index in [0.717, 1.165) is 0 Å². The van der Waals surface area contributed by atoms with E-state index in [1.54, 1.807) is 0 Å². The van der Waals surface area contributed by atoms with Gasteiger partial charge in [-0.3, -0.25) is 0 Å². The number of carboxylic acid groups (broad SMARTS) is 1. The summed E-state index contributed by atoms with van der Waals surface area (Å²) < 4.78 is 40.8. The molecule has 0 amide bonds. The lowest BCUT2D eigenvalue weighted by atomic mass is 10.3. The Morgan fingerprint density at radius 2 is 2.14 bits per heavy atom. The first-order valence-electron chi connectivity index (χ1n) is 3.66. The maximum atomic E-state index is 12.2. The number of hydrogen-bond acceptors (Lipinski definition) is 3. The molecule has 1 N–H and O–H groups in total. The lowest BCUT2D eigenvalue weighted by molar-refractivity contribution is -0.153. The largest absolute Gasteiger partial charge is 0.476 e. The fourth-order valence-electron chi connectivity index (χ4n) is 0.853. The monoisotopic (exact) mass is 209 g/mol. The number of carboxylic acids is 1. The second kappa shape index (κ2) is 3.32. The molecule has 1 aromatic rings. The normalized spacial score (nSPS) is 11.7. The third-order valence-electron chi connectivity index (χ3n) is 1.43. The number of carbonyl (C=O) groups is 1. The highest BCUT2D eigenvalue weighted by atomic mass is 19.4. The van der Waals surface area contributed by atoms with E-state index in [1.807, 2.05) is 0 Å². The number of hydrogen-bond donors (Lipinski definition) is 1. The van der Waals surface area contributed by atoms with Gasteiger partial charge in [-0.2, -0.15) is 13.2 Å². The van der Waals surface area contributed by atoms with Crippen molar-refractivity contribution in [2.75, 3.05) is 0 Å². The van der Waals surface area contributed by atoms with Crippen molar-refractivity contribution in [2.45, 2.75) is 19.5 Å². The van der Waals surface area contributed by atoms with E-state index in [1.165, 1.54) is 6.92 Å². The van der Waals surface area contributed by atoms with Crippen molar-refractivity contribution in [1.29, 1.82) is 0 Å². The molecule has 0 fully saturated rings. The number of oxazole rings is 1. The average Bonchev–Trinajstić information content (AvgIpc) is 2.46. The van der Waals surface area contributed by atoms with Crippen LogP contribution in [0.1, 0.15) is 29.1 Å². The van der Waals surface area contributed by atoms with Crippen LogP contribution in [0.25, 0.3) is 0 Å². The molecule has 0 aliphatic rings. The molecule has 4 nitrogen and oxygen atoms in total. The fraction of sp³-hybridized carbons (Fsp3) is 0.429. The summed E-state index contributed by atoms with van der Waals surface area (Å²) in [4.78, 5) is 13.6. The van der Waals surface area contributed by atoms with Crippen molar-refractivity contribution >= 4 is 5.97 Å². The van der Waals surface area contributed by atoms with Crippen molar-refractivity contribution in [2.24, 2.45) is 0 Å². The molecule has 1 rings (SSSR count). The minimum atomic E-state index is -4.83. The molecule has 78 valence electrons. The molecule has 0 atom stereocenters. The van der Waals surface area contributed by atoms with Crippen molar-refractivity contribution < 1.29 is 27.5 Å². The second-order valence-electron chi connectivity index (χ2n) is 2.44. The summed E-state index contributed by atoms with van der Waals surface area (Å²) in [5.74, 6) is -3.54. The summed E-state index contributed by atoms with van der Waals surface area (Å²) in [6.07, 6.45) is -4.72. The van der Waals surface area contributed by atoms with Crippen LogP contribution in [0.4, 0.5) is 13.2 Å². The molecule has 0 radical (unpaired) electrons. The van der Waals surface area contributed by atoms with Gasteiger partial charge < -0.3 is 9.52 Å². The number of alkyl halides is 3. The van der Waals surface area contributed by atoms with Crippen LogP contribution in [0.5, 0.6) is 0 Å². The van der Waals surface area contributed by atoms with Crippen LogP contribution >= 0.6 is 0 Å². The molecule has 0 unspecified atom stereocenters. The van der Waals surface area contributed by atoms with E-state index in [9.17, 15) is 18.0 Å². The van der Waals surface area contributed by atoms with Gasteiger partial charge in [-0.05, 0) is 0 Å². The summed E-state index contributed by atoms with van der Waals surface area (Å²) in [5.41, 5.74) is -1.09. The highest BCUT2D eigenvalue weighted by molar-refractivity contribution is 5.86. The maximum Gasteiger partial charge on any atom is 0.452 e. The highest BCUT2D eigenvalue weighted by Gasteiger charge is 2.41. The van der Waals surface area contributed by atoms with Crippen LogP contribution in [0, 0.1) is 0 Å². The van der Waals surface area contributed by atoms with Crippen LogP contribution < -0.4 is 0 Å². The van der Waals surface area contributed by atoms with Crippen molar-refractivity contribution in [3.8, 4) is 0 Å². The molecular formula is C7H6F3NO3. The standard InChI is InChI=1S/C7H6F3NO3/c1-2-3-11-4(6(12)13)5(14-3)7(8,9)10/h2H2,1H3,(H,12,13). The summed E-state index contributed by atoms with van der Waals surface area (Å²) in [6.45, 7) is 1.51. The van der Waals surface area contributed by atoms with E-state index in [2.05, 4.69) is 9.40 Å². The highest BCUT2D eigenvalue weighted by Crippen LogP contribution is 2.32. The zero-order valence-electron chi connectivity index (χ0n) is 7.05. The third-order valence-corrected chi connectivity index (χ3v) is 1.43. The summed E-state index contributed by atoms with van der Waals surface area (Å²) in [7, 11) is 0. The average molecular weight is 209 g/mol. The van der Waals surface area contributed by atoms with Gasteiger partial charge in [0.25, 0.3) is 0 Å².